The lowest BCUT2D eigenvalue weighted by Crippen LogP contribution is -2.22. The summed E-state index contributed by atoms with van der Waals surface area (Å²) in [5.74, 6) is 0.274. The van der Waals surface area contributed by atoms with Gasteiger partial charge in [0.1, 0.15) is 5.82 Å². The number of rotatable bonds is 5. The highest BCUT2D eigenvalue weighted by Gasteiger charge is 2.07. The Morgan fingerprint density at radius 3 is 2.55 bits per heavy atom. The number of nitrogens with zero attached hydrogens (tertiary/aromatic N) is 3. The first-order valence-corrected chi connectivity index (χ1v) is 6.60. The van der Waals surface area contributed by atoms with Gasteiger partial charge in [0.25, 0.3) is 0 Å². The SMILES string of the molecule is CC(C)NCc1cnc(N(C)c2cccc(F)c2)nc1. The van der Waals surface area contributed by atoms with Crippen molar-refractivity contribution >= 4 is 11.6 Å². The molecule has 5 heteroatoms. The van der Waals surface area contributed by atoms with Gasteiger partial charge in [-0.15, -0.1) is 0 Å². The van der Waals surface area contributed by atoms with Crippen molar-refractivity contribution in [1.29, 1.82) is 0 Å². The van der Waals surface area contributed by atoms with E-state index < -0.39 is 0 Å². The lowest BCUT2D eigenvalue weighted by molar-refractivity contribution is 0.587. The molecule has 0 amide bonds. The molecule has 0 saturated carbocycles. The largest absolute Gasteiger partial charge is 0.314 e. The molecule has 0 spiro atoms. The van der Waals surface area contributed by atoms with Crippen LogP contribution in [0.4, 0.5) is 16.0 Å². The number of benzene rings is 1. The van der Waals surface area contributed by atoms with Crippen LogP contribution in [0.5, 0.6) is 0 Å². The molecule has 4 nitrogen and oxygen atoms in total. The van der Waals surface area contributed by atoms with E-state index in [-0.39, 0.29) is 5.82 Å². The minimum Gasteiger partial charge on any atom is -0.314 e. The van der Waals surface area contributed by atoms with Crippen molar-refractivity contribution in [3.63, 3.8) is 0 Å². The highest BCUT2D eigenvalue weighted by Crippen LogP contribution is 2.20. The van der Waals surface area contributed by atoms with Crippen LogP contribution in [0.2, 0.25) is 0 Å². The average molecular weight is 274 g/mol. The van der Waals surface area contributed by atoms with Crippen molar-refractivity contribution in [2.45, 2.75) is 26.4 Å². The fourth-order valence-electron chi connectivity index (χ4n) is 1.73. The second-order valence-electron chi connectivity index (χ2n) is 4.97. The maximum atomic E-state index is 13.2. The standard InChI is InChI=1S/C15H19FN4/c1-11(2)17-8-12-9-18-15(19-10-12)20(3)14-6-4-5-13(16)7-14/h4-7,9-11,17H,8H2,1-3H3. The lowest BCUT2D eigenvalue weighted by atomic mass is 10.3. The van der Waals surface area contributed by atoms with Gasteiger partial charge < -0.3 is 10.2 Å². The third-order valence-corrected chi connectivity index (χ3v) is 2.90. The van der Waals surface area contributed by atoms with Crippen molar-refractivity contribution in [3.05, 3.63) is 48.0 Å². The summed E-state index contributed by atoms with van der Waals surface area (Å²) in [6.45, 7) is 4.92. The zero-order valence-corrected chi connectivity index (χ0v) is 12.0. The molecule has 106 valence electrons. The summed E-state index contributed by atoms with van der Waals surface area (Å²) in [5.41, 5.74) is 1.74. The molecule has 0 fully saturated rings. The van der Waals surface area contributed by atoms with Crippen LogP contribution in [0, 0.1) is 5.82 Å². The molecule has 0 bridgehead atoms. The van der Waals surface area contributed by atoms with E-state index in [1.807, 2.05) is 13.1 Å². The molecular formula is C15H19FN4. The maximum Gasteiger partial charge on any atom is 0.229 e. The quantitative estimate of drug-likeness (QED) is 0.910. The van der Waals surface area contributed by atoms with Gasteiger partial charge >= 0.3 is 0 Å². The Balaban J connectivity index is 2.09. The van der Waals surface area contributed by atoms with Crippen molar-refractivity contribution in [3.8, 4) is 0 Å². The van der Waals surface area contributed by atoms with Gasteiger partial charge in [-0.25, -0.2) is 14.4 Å². The van der Waals surface area contributed by atoms with Crippen molar-refractivity contribution in [2.75, 3.05) is 11.9 Å². The van der Waals surface area contributed by atoms with E-state index in [1.165, 1.54) is 12.1 Å². The third-order valence-electron chi connectivity index (χ3n) is 2.90. The number of hydrogen-bond acceptors (Lipinski definition) is 4. The molecule has 1 aromatic heterocycles. The van der Waals surface area contributed by atoms with Gasteiger partial charge in [0.05, 0.1) is 0 Å². The molecule has 1 aromatic carbocycles. The summed E-state index contributed by atoms with van der Waals surface area (Å²) in [4.78, 5) is 10.4. The number of nitrogens with one attached hydrogen (secondary N) is 1. The molecule has 0 aliphatic carbocycles. The van der Waals surface area contributed by atoms with Crippen LogP contribution in [0.3, 0.4) is 0 Å². The summed E-state index contributed by atoms with van der Waals surface area (Å²) < 4.78 is 13.2. The maximum absolute atomic E-state index is 13.2. The van der Waals surface area contributed by atoms with E-state index >= 15 is 0 Å². The smallest absolute Gasteiger partial charge is 0.229 e. The second kappa shape index (κ2) is 6.43. The summed E-state index contributed by atoms with van der Waals surface area (Å²) in [7, 11) is 1.82. The van der Waals surface area contributed by atoms with Gasteiger partial charge in [-0.3, -0.25) is 0 Å². The molecule has 0 unspecified atom stereocenters. The van der Waals surface area contributed by atoms with Gasteiger partial charge in [-0.1, -0.05) is 19.9 Å². The van der Waals surface area contributed by atoms with Crippen LogP contribution in [0.15, 0.2) is 36.7 Å². The van der Waals surface area contributed by atoms with E-state index in [9.17, 15) is 4.39 Å². The Labute approximate surface area is 118 Å². The number of halogens is 1. The third kappa shape index (κ3) is 3.74. The molecule has 2 rings (SSSR count). The van der Waals surface area contributed by atoms with Crippen LogP contribution in [0.1, 0.15) is 19.4 Å². The highest BCUT2D eigenvalue weighted by molar-refractivity contribution is 5.55. The van der Waals surface area contributed by atoms with Crippen LogP contribution in [-0.2, 0) is 6.54 Å². The molecular weight excluding hydrogens is 255 g/mol. The Morgan fingerprint density at radius 1 is 1.25 bits per heavy atom. The summed E-state index contributed by atoms with van der Waals surface area (Å²) in [6, 6.07) is 6.78. The number of anilines is 2. The lowest BCUT2D eigenvalue weighted by Gasteiger charge is -2.17. The molecule has 0 atom stereocenters. The van der Waals surface area contributed by atoms with Gasteiger partial charge in [0, 0.05) is 43.3 Å². The minimum absolute atomic E-state index is 0.271. The zero-order chi connectivity index (χ0) is 14.5. The minimum atomic E-state index is -0.271. The van der Waals surface area contributed by atoms with Crippen molar-refractivity contribution in [2.24, 2.45) is 0 Å². The Morgan fingerprint density at radius 2 is 1.95 bits per heavy atom. The van der Waals surface area contributed by atoms with Gasteiger partial charge in [0.15, 0.2) is 0 Å². The Bertz CT molecular complexity index is 554. The molecule has 0 radical (unpaired) electrons. The first-order valence-electron chi connectivity index (χ1n) is 6.60. The molecule has 1 heterocycles. The molecule has 2 aromatic rings. The molecule has 0 aliphatic rings. The monoisotopic (exact) mass is 274 g/mol. The fraction of sp³-hybridized carbons (Fsp3) is 0.333. The normalized spacial score (nSPS) is 10.8. The highest BCUT2D eigenvalue weighted by atomic mass is 19.1. The summed E-state index contributed by atoms with van der Waals surface area (Å²) in [5, 5.41) is 3.31. The topological polar surface area (TPSA) is 41.1 Å². The predicted molar refractivity (Wildman–Crippen MR) is 78.5 cm³/mol. The fourth-order valence-corrected chi connectivity index (χ4v) is 1.73. The summed E-state index contributed by atoms with van der Waals surface area (Å²) >= 11 is 0. The molecule has 1 N–H and O–H groups in total. The van der Waals surface area contributed by atoms with E-state index in [2.05, 4.69) is 29.1 Å². The van der Waals surface area contributed by atoms with Crippen LogP contribution < -0.4 is 10.2 Å². The van der Waals surface area contributed by atoms with E-state index in [0.29, 0.717) is 12.0 Å². The van der Waals surface area contributed by atoms with Gasteiger partial charge in [-0.05, 0) is 18.2 Å². The molecule has 0 saturated heterocycles. The zero-order valence-electron chi connectivity index (χ0n) is 12.0. The van der Waals surface area contributed by atoms with Gasteiger partial charge in [0.2, 0.25) is 5.95 Å². The second-order valence-corrected chi connectivity index (χ2v) is 4.97. The van der Waals surface area contributed by atoms with E-state index in [1.54, 1.807) is 23.4 Å². The van der Waals surface area contributed by atoms with Crippen molar-refractivity contribution in [1.82, 2.24) is 15.3 Å². The summed E-state index contributed by atoms with van der Waals surface area (Å²) in [6.07, 6.45) is 3.57. The van der Waals surface area contributed by atoms with Crippen LogP contribution in [-0.4, -0.2) is 23.1 Å². The van der Waals surface area contributed by atoms with E-state index in [0.717, 1.165) is 17.8 Å². The average Bonchev–Trinajstić information content (AvgIpc) is 2.45. The van der Waals surface area contributed by atoms with Crippen molar-refractivity contribution < 1.29 is 4.39 Å². The first-order chi connectivity index (χ1) is 9.56. The van der Waals surface area contributed by atoms with Crippen LogP contribution >= 0.6 is 0 Å². The Kier molecular flexibility index (Phi) is 4.63. The first kappa shape index (κ1) is 14.4. The van der Waals surface area contributed by atoms with E-state index in [4.69, 9.17) is 0 Å². The predicted octanol–water partition coefficient (Wildman–Crippen LogP) is 2.88. The number of aromatic nitrogens is 2. The number of hydrogen-bond donors (Lipinski definition) is 1. The molecule has 20 heavy (non-hydrogen) atoms. The van der Waals surface area contributed by atoms with Crippen LogP contribution in [0.25, 0.3) is 0 Å². The Hall–Kier alpha value is -2.01. The van der Waals surface area contributed by atoms with Gasteiger partial charge in [-0.2, -0.15) is 0 Å². The molecule has 0 aliphatic heterocycles.